The van der Waals surface area contributed by atoms with E-state index in [4.69, 9.17) is 0 Å². The van der Waals surface area contributed by atoms with E-state index in [1.165, 1.54) is 33.4 Å². The van der Waals surface area contributed by atoms with Crippen LogP contribution in [0.15, 0.2) is 22.7 Å². The maximum absolute atomic E-state index is 9.58. The van der Waals surface area contributed by atoms with E-state index in [0.717, 1.165) is 15.8 Å². The Morgan fingerprint density at radius 3 is 2.32 bits per heavy atom. The fraction of sp³-hybridized carbons (Fsp3) is 0.318. The summed E-state index contributed by atoms with van der Waals surface area (Å²) in [6, 6.07) is 6.22. The molecular weight excluding hydrogens is 384 g/mol. The van der Waals surface area contributed by atoms with Crippen molar-refractivity contribution in [2.24, 2.45) is 7.05 Å². The molecule has 0 saturated heterocycles. The van der Waals surface area contributed by atoms with Gasteiger partial charge in [0, 0.05) is 17.7 Å². The van der Waals surface area contributed by atoms with Crippen molar-refractivity contribution in [1.29, 1.82) is 5.26 Å². The van der Waals surface area contributed by atoms with E-state index in [1.807, 2.05) is 35.2 Å². The van der Waals surface area contributed by atoms with E-state index in [-0.39, 0.29) is 0 Å². The number of thiophene rings is 1. The van der Waals surface area contributed by atoms with Crippen molar-refractivity contribution >= 4 is 34.7 Å². The second kappa shape index (κ2) is 8.34. The molecule has 0 radical (unpaired) electrons. The molecule has 2 aromatic heterocycles. The fourth-order valence-electron chi connectivity index (χ4n) is 3.27. The molecule has 0 aliphatic rings. The molecular formula is C22H24N4S2. The zero-order valence-electron chi connectivity index (χ0n) is 17.1. The zero-order valence-corrected chi connectivity index (χ0v) is 18.8. The first-order valence-electron chi connectivity index (χ1n) is 9.08. The van der Waals surface area contributed by atoms with E-state index in [2.05, 4.69) is 50.9 Å². The van der Waals surface area contributed by atoms with Crippen molar-refractivity contribution in [2.75, 3.05) is 0 Å². The summed E-state index contributed by atoms with van der Waals surface area (Å²) >= 11 is 3.26. The smallest absolute Gasteiger partial charge is 0.191 e. The van der Waals surface area contributed by atoms with Crippen molar-refractivity contribution in [1.82, 2.24) is 14.8 Å². The molecule has 0 amide bonds. The largest absolute Gasteiger partial charge is 0.305 e. The van der Waals surface area contributed by atoms with Crippen LogP contribution in [-0.4, -0.2) is 14.8 Å². The molecule has 144 valence electrons. The Hall–Kier alpha value is -2.36. The van der Waals surface area contributed by atoms with Gasteiger partial charge in [0.05, 0.1) is 5.57 Å². The van der Waals surface area contributed by atoms with Crippen molar-refractivity contribution in [3.63, 3.8) is 0 Å². The second-order valence-electron chi connectivity index (χ2n) is 6.94. The van der Waals surface area contributed by atoms with E-state index in [0.29, 0.717) is 11.4 Å². The highest BCUT2D eigenvalue weighted by molar-refractivity contribution is 7.98. The van der Waals surface area contributed by atoms with Crippen LogP contribution in [0.2, 0.25) is 0 Å². The molecule has 3 aromatic rings. The number of nitriles is 1. The molecule has 0 aliphatic carbocycles. The maximum atomic E-state index is 9.58. The molecule has 0 bridgehead atoms. The molecule has 4 nitrogen and oxygen atoms in total. The predicted molar refractivity (Wildman–Crippen MR) is 118 cm³/mol. The minimum absolute atomic E-state index is 0.527. The average Bonchev–Trinajstić information content (AvgIpc) is 3.33. The van der Waals surface area contributed by atoms with Gasteiger partial charge in [-0.2, -0.15) is 5.26 Å². The van der Waals surface area contributed by atoms with Crippen LogP contribution in [0.3, 0.4) is 0 Å². The van der Waals surface area contributed by atoms with Gasteiger partial charge in [-0.25, -0.2) is 0 Å². The van der Waals surface area contributed by atoms with Gasteiger partial charge >= 0.3 is 0 Å². The Kier molecular flexibility index (Phi) is 6.07. The lowest BCUT2D eigenvalue weighted by molar-refractivity contribution is 0.780. The first kappa shape index (κ1) is 20.4. The van der Waals surface area contributed by atoms with Crippen molar-refractivity contribution < 1.29 is 0 Å². The van der Waals surface area contributed by atoms with E-state index in [9.17, 15) is 5.26 Å². The highest BCUT2D eigenvalue weighted by Gasteiger charge is 2.16. The summed E-state index contributed by atoms with van der Waals surface area (Å²) in [5, 5.41) is 21.0. The first-order chi connectivity index (χ1) is 13.3. The summed E-state index contributed by atoms with van der Waals surface area (Å²) in [4.78, 5) is 1.03. The molecule has 0 aliphatic heterocycles. The Bertz CT molecular complexity index is 1050. The Morgan fingerprint density at radius 1 is 1.11 bits per heavy atom. The SMILES string of the molecule is Cc1c(C)c(C)c(CSc2nnc(C(C#N)=Cc3cccs3)n2C)c(C)c1C. The van der Waals surface area contributed by atoms with Gasteiger partial charge in [0.2, 0.25) is 0 Å². The number of benzene rings is 1. The number of rotatable bonds is 5. The Labute approximate surface area is 174 Å². The van der Waals surface area contributed by atoms with Gasteiger partial charge in [0.15, 0.2) is 11.0 Å². The van der Waals surface area contributed by atoms with Crippen LogP contribution in [0.25, 0.3) is 11.6 Å². The average molecular weight is 409 g/mol. The monoisotopic (exact) mass is 408 g/mol. The summed E-state index contributed by atoms with van der Waals surface area (Å²) in [7, 11) is 1.92. The highest BCUT2D eigenvalue weighted by Crippen LogP contribution is 2.31. The van der Waals surface area contributed by atoms with Crippen LogP contribution in [0.5, 0.6) is 0 Å². The second-order valence-corrected chi connectivity index (χ2v) is 8.86. The molecule has 0 atom stereocenters. The van der Waals surface area contributed by atoms with E-state index < -0.39 is 0 Å². The van der Waals surface area contributed by atoms with Gasteiger partial charge in [-0.15, -0.1) is 21.5 Å². The first-order valence-corrected chi connectivity index (χ1v) is 10.9. The fourth-order valence-corrected chi connectivity index (χ4v) is 5.01. The van der Waals surface area contributed by atoms with Gasteiger partial charge in [-0.3, -0.25) is 0 Å². The van der Waals surface area contributed by atoms with Crippen LogP contribution in [0.4, 0.5) is 0 Å². The van der Waals surface area contributed by atoms with Crippen LogP contribution < -0.4 is 0 Å². The Balaban J connectivity index is 1.88. The predicted octanol–water partition coefficient (Wildman–Crippen LogP) is 5.78. The normalized spacial score (nSPS) is 11.7. The molecule has 0 saturated carbocycles. The Morgan fingerprint density at radius 2 is 1.75 bits per heavy atom. The summed E-state index contributed by atoms with van der Waals surface area (Å²) in [5.41, 5.74) is 8.70. The molecule has 0 N–H and O–H groups in total. The lowest BCUT2D eigenvalue weighted by Crippen LogP contribution is -2.03. The number of thioether (sulfide) groups is 1. The number of nitrogens with zero attached hydrogens (tertiary/aromatic N) is 4. The summed E-state index contributed by atoms with van der Waals surface area (Å²) in [6.45, 7) is 11.0. The third-order valence-corrected chi connectivity index (χ3v) is 7.39. The summed E-state index contributed by atoms with van der Waals surface area (Å²) < 4.78 is 1.91. The van der Waals surface area contributed by atoms with Crippen LogP contribution >= 0.6 is 23.1 Å². The van der Waals surface area contributed by atoms with Gasteiger partial charge in [-0.1, -0.05) is 17.8 Å². The minimum Gasteiger partial charge on any atom is -0.305 e. The topological polar surface area (TPSA) is 54.5 Å². The maximum Gasteiger partial charge on any atom is 0.191 e. The number of hydrogen-bond acceptors (Lipinski definition) is 5. The van der Waals surface area contributed by atoms with Crippen LogP contribution in [-0.2, 0) is 12.8 Å². The van der Waals surface area contributed by atoms with E-state index in [1.54, 1.807) is 23.1 Å². The lowest BCUT2D eigenvalue weighted by atomic mass is 9.90. The minimum atomic E-state index is 0.527. The van der Waals surface area contributed by atoms with E-state index >= 15 is 0 Å². The lowest BCUT2D eigenvalue weighted by Gasteiger charge is -2.18. The standard InChI is InChI=1S/C22H24N4S2/c1-13-14(2)16(4)20(17(5)15(13)3)12-28-22-25-24-21(26(22)6)18(11-23)10-19-8-7-9-27-19/h7-10H,12H2,1-6H3. The number of aromatic nitrogens is 3. The molecule has 2 heterocycles. The highest BCUT2D eigenvalue weighted by atomic mass is 32.2. The van der Waals surface area contributed by atoms with Gasteiger partial charge in [-0.05, 0) is 85.5 Å². The van der Waals surface area contributed by atoms with Crippen molar-refractivity contribution in [3.8, 4) is 6.07 Å². The molecule has 0 fully saturated rings. The van der Waals surface area contributed by atoms with Gasteiger partial charge in [0.25, 0.3) is 0 Å². The zero-order chi connectivity index (χ0) is 20.4. The molecule has 3 rings (SSSR count). The third kappa shape index (κ3) is 3.78. The number of allylic oxidation sites excluding steroid dienone is 1. The van der Waals surface area contributed by atoms with Gasteiger partial charge < -0.3 is 4.57 Å². The summed E-state index contributed by atoms with van der Waals surface area (Å²) in [5.74, 6) is 1.44. The molecule has 6 heteroatoms. The molecule has 0 unspecified atom stereocenters. The summed E-state index contributed by atoms with van der Waals surface area (Å²) in [6.07, 6.45) is 1.87. The quantitative estimate of drug-likeness (QED) is 0.397. The van der Waals surface area contributed by atoms with Crippen LogP contribution in [0.1, 0.15) is 44.1 Å². The van der Waals surface area contributed by atoms with Crippen molar-refractivity contribution in [2.45, 2.75) is 45.5 Å². The molecule has 28 heavy (non-hydrogen) atoms. The molecule has 1 aromatic carbocycles. The van der Waals surface area contributed by atoms with Crippen molar-refractivity contribution in [3.05, 3.63) is 61.6 Å². The van der Waals surface area contributed by atoms with Gasteiger partial charge in [0.1, 0.15) is 6.07 Å². The van der Waals surface area contributed by atoms with Crippen LogP contribution in [0, 0.1) is 45.9 Å². The third-order valence-electron chi connectivity index (χ3n) is 5.53. The number of hydrogen-bond donors (Lipinski definition) is 0. The molecule has 0 spiro atoms.